The number of anilines is 2. The molecule has 0 unspecified atom stereocenters. The maximum absolute atomic E-state index is 13.6. The molecule has 1 aliphatic carbocycles. The maximum atomic E-state index is 13.6. The first-order valence-electron chi connectivity index (χ1n) is 13.0. The number of amides is 2. The van der Waals surface area contributed by atoms with E-state index in [1.807, 2.05) is 5.32 Å². The average Bonchev–Trinajstić information content (AvgIpc) is 3.42. The number of halogens is 7. The first-order valence-corrected chi connectivity index (χ1v) is 13.4. The molecule has 0 bridgehead atoms. The van der Waals surface area contributed by atoms with Crippen LogP contribution in [0.15, 0.2) is 43.5 Å². The highest BCUT2D eigenvalue weighted by molar-refractivity contribution is 6.32. The summed E-state index contributed by atoms with van der Waals surface area (Å²) in [7, 11) is 0. The molecule has 0 spiro atoms. The number of hydrogen-bond acceptors (Lipinski definition) is 9. The number of carbonyl (C=O) groups excluding carboxylic acids is 1. The standard InChI is InChI=1S/C25H22ClF6N11O/c26-17-8-39-42-21(17)20-16(25(30,31)32)7-37-22(41-20)40-14-1-3-15(4-2-14)43(23(44)38-11-24(27,28)29)19-10-35-18(9-36-19)13-5-33-12-34-6-13/h5-10,12,14-15H,1-4,11H2,(H,38,44)(H,39,42)(H,37,40,41). The summed E-state index contributed by atoms with van der Waals surface area (Å²) in [6.07, 6.45) is 0.818. The molecule has 0 aliphatic heterocycles. The number of rotatable bonds is 7. The molecule has 4 heterocycles. The number of carbonyl (C=O) groups is 1. The summed E-state index contributed by atoms with van der Waals surface area (Å²) in [4.78, 5) is 38.3. The van der Waals surface area contributed by atoms with Gasteiger partial charge >= 0.3 is 18.4 Å². The summed E-state index contributed by atoms with van der Waals surface area (Å²) in [5.41, 5.74) is -0.875. The lowest BCUT2D eigenvalue weighted by Crippen LogP contribution is -2.50. The largest absolute Gasteiger partial charge is 0.420 e. The zero-order valence-electron chi connectivity index (χ0n) is 22.4. The van der Waals surface area contributed by atoms with Crippen molar-refractivity contribution in [2.75, 3.05) is 16.8 Å². The van der Waals surface area contributed by atoms with E-state index in [1.54, 1.807) is 0 Å². The van der Waals surface area contributed by atoms with Gasteiger partial charge in [0.25, 0.3) is 0 Å². The van der Waals surface area contributed by atoms with E-state index in [4.69, 9.17) is 11.6 Å². The zero-order valence-corrected chi connectivity index (χ0v) is 23.1. The van der Waals surface area contributed by atoms with Crippen LogP contribution in [0.25, 0.3) is 22.6 Å². The lowest BCUT2D eigenvalue weighted by Gasteiger charge is -2.36. The molecule has 1 aliphatic rings. The summed E-state index contributed by atoms with van der Waals surface area (Å²) in [5.74, 6) is -0.0603. The number of H-pyrrole nitrogens is 1. The van der Waals surface area contributed by atoms with Gasteiger partial charge in [-0.2, -0.15) is 31.4 Å². The van der Waals surface area contributed by atoms with E-state index in [-0.39, 0.29) is 28.5 Å². The third-order valence-electron chi connectivity index (χ3n) is 6.71. The predicted molar refractivity (Wildman–Crippen MR) is 144 cm³/mol. The lowest BCUT2D eigenvalue weighted by molar-refractivity contribution is -0.137. The van der Waals surface area contributed by atoms with Crippen molar-refractivity contribution < 1.29 is 31.1 Å². The highest BCUT2D eigenvalue weighted by Gasteiger charge is 2.38. The van der Waals surface area contributed by atoms with Gasteiger partial charge in [0.15, 0.2) is 5.82 Å². The van der Waals surface area contributed by atoms with Crippen molar-refractivity contribution in [1.82, 2.24) is 45.4 Å². The molecule has 0 atom stereocenters. The number of hydrogen-bond donors (Lipinski definition) is 3. The number of alkyl halides is 6. The second-order valence-electron chi connectivity index (χ2n) is 9.72. The number of urea groups is 1. The first-order chi connectivity index (χ1) is 20.9. The van der Waals surface area contributed by atoms with Crippen molar-refractivity contribution in [3.8, 4) is 22.6 Å². The summed E-state index contributed by atoms with van der Waals surface area (Å²) < 4.78 is 79.5. The Morgan fingerprint density at radius 1 is 0.955 bits per heavy atom. The molecule has 3 N–H and O–H groups in total. The van der Waals surface area contributed by atoms with Crippen molar-refractivity contribution in [2.24, 2.45) is 0 Å². The quantitative estimate of drug-likeness (QED) is 0.229. The minimum absolute atomic E-state index is 0.0354. The van der Waals surface area contributed by atoms with Gasteiger partial charge in [0.2, 0.25) is 5.95 Å². The van der Waals surface area contributed by atoms with E-state index in [9.17, 15) is 31.1 Å². The minimum Gasteiger partial charge on any atom is -0.351 e. The van der Waals surface area contributed by atoms with Gasteiger partial charge in [-0.25, -0.2) is 29.7 Å². The van der Waals surface area contributed by atoms with Gasteiger partial charge in [-0.1, -0.05) is 11.6 Å². The summed E-state index contributed by atoms with van der Waals surface area (Å²) in [6, 6.07) is -1.89. The van der Waals surface area contributed by atoms with Crippen molar-refractivity contribution in [2.45, 2.75) is 50.1 Å². The molecule has 0 radical (unpaired) electrons. The van der Waals surface area contributed by atoms with Gasteiger partial charge in [0.1, 0.15) is 29.8 Å². The molecule has 4 aromatic rings. The van der Waals surface area contributed by atoms with Crippen LogP contribution in [-0.4, -0.2) is 70.9 Å². The Hall–Kier alpha value is -4.61. The molecular formula is C25H22ClF6N11O. The van der Waals surface area contributed by atoms with Gasteiger partial charge < -0.3 is 10.6 Å². The lowest BCUT2D eigenvalue weighted by atomic mass is 9.90. The predicted octanol–water partition coefficient (Wildman–Crippen LogP) is 5.29. The van der Waals surface area contributed by atoms with E-state index in [0.29, 0.717) is 43.1 Å². The average molecular weight is 642 g/mol. The first kappa shape index (κ1) is 30.8. The van der Waals surface area contributed by atoms with Crippen LogP contribution >= 0.6 is 11.6 Å². The number of nitrogens with one attached hydrogen (secondary N) is 3. The Bertz CT molecular complexity index is 1580. The molecule has 19 heteroatoms. The SMILES string of the molecule is O=C(NCC(F)(F)F)N(c1cnc(-c2cncnc2)cn1)C1CCC(Nc2ncc(C(F)(F)F)c(-c3n[nH]cc3Cl)n2)CC1. The van der Waals surface area contributed by atoms with E-state index < -0.39 is 42.2 Å². The van der Waals surface area contributed by atoms with Crippen molar-refractivity contribution in [3.63, 3.8) is 0 Å². The second kappa shape index (κ2) is 12.6. The minimum atomic E-state index is -4.76. The molecule has 4 aromatic heterocycles. The summed E-state index contributed by atoms with van der Waals surface area (Å²) >= 11 is 5.99. The third kappa shape index (κ3) is 7.29. The number of aromatic nitrogens is 8. The summed E-state index contributed by atoms with van der Waals surface area (Å²) in [6.45, 7) is -1.54. The maximum Gasteiger partial charge on any atom is 0.420 e. The molecule has 0 aromatic carbocycles. The van der Waals surface area contributed by atoms with Crippen LogP contribution in [0, 0.1) is 0 Å². The van der Waals surface area contributed by atoms with Crippen LogP contribution in [-0.2, 0) is 6.18 Å². The number of nitrogens with zero attached hydrogens (tertiary/aromatic N) is 8. The Morgan fingerprint density at radius 3 is 2.27 bits per heavy atom. The second-order valence-corrected chi connectivity index (χ2v) is 10.1. The Balaban J connectivity index is 1.32. The molecular weight excluding hydrogens is 620 g/mol. The fraction of sp³-hybridized carbons (Fsp3) is 0.360. The van der Waals surface area contributed by atoms with E-state index >= 15 is 0 Å². The topological polar surface area (TPSA) is 150 Å². The van der Waals surface area contributed by atoms with Gasteiger partial charge in [-0.3, -0.25) is 15.0 Å². The number of aromatic amines is 1. The fourth-order valence-corrected chi connectivity index (χ4v) is 4.87. The van der Waals surface area contributed by atoms with Crippen LogP contribution in [0.4, 0.5) is 42.9 Å². The molecule has 2 amide bonds. The van der Waals surface area contributed by atoms with Gasteiger partial charge in [0, 0.05) is 42.4 Å². The normalized spacial score (nSPS) is 17.2. The van der Waals surface area contributed by atoms with Gasteiger partial charge in [0.05, 0.1) is 23.1 Å². The highest BCUT2D eigenvalue weighted by Crippen LogP contribution is 2.38. The molecule has 1 fully saturated rings. The molecule has 44 heavy (non-hydrogen) atoms. The van der Waals surface area contributed by atoms with Crippen molar-refractivity contribution in [1.29, 1.82) is 0 Å². The van der Waals surface area contributed by atoms with Gasteiger partial charge in [-0.15, -0.1) is 0 Å². The molecule has 1 saturated carbocycles. The van der Waals surface area contributed by atoms with Crippen LogP contribution in [0.3, 0.4) is 0 Å². The molecule has 5 rings (SSSR count). The van der Waals surface area contributed by atoms with Gasteiger partial charge in [-0.05, 0) is 25.7 Å². The smallest absolute Gasteiger partial charge is 0.351 e. The highest BCUT2D eigenvalue weighted by atomic mass is 35.5. The molecule has 232 valence electrons. The Morgan fingerprint density at radius 2 is 1.68 bits per heavy atom. The van der Waals surface area contributed by atoms with Crippen LogP contribution in [0.5, 0.6) is 0 Å². The van der Waals surface area contributed by atoms with Crippen LogP contribution in [0.1, 0.15) is 31.2 Å². The Labute approximate surface area is 249 Å². The molecule has 12 nitrogen and oxygen atoms in total. The van der Waals surface area contributed by atoms with E-state index in [0.717, 1.165) is 4.90 Å². The molecule has 0 saturated heterocycles. The van der Waals surface area contributed by atoms with E-state index in [2.05, 4.69) is 45.4 Å². The fourth-order valence-electron chi connectivity index (χ4n) is 4.69. The van der Waals surface area contributed by atoms with E-state index in [1.165, 1.54) is 37.3 Å². The van der Waals surface area contributed by atoms with Crippen LogP contribution in [0.2, 0.25) is 5.02 Å². The van der Waals surface area contributed by atoms with Crippen LogP contribution < -0.4 is 15.5 Å². The third-order valence-corrected chi connectivity index (χ3v) is 7.00. The monoisotopic (exact) mass is 641 g/mol. The summed E-state index contributed by atoms with van der Waals surface area (Å²) in [5, 5.41) is 11.0. The van der Waals surface area contributed by atoms with Crippen molar-refractivity contribution >= 4 is 29.4 Å². The Kier molecular flexibility index (Phi) is 8.80. The van der Waals surface area contributed by atoms with Crippen molar-refractivity contribution in [3.05, 3.63) is 54.1 Å². The zero-order chi connectivity index (χ0) is 31.5.